The second-order valence-corrected chi connectivity index (χ2v) is 5.32. The Bertz CT molecular complexity index is 543. The van der Waals surface area contributed by atoms with Crippen LogP contribution in [0.4, 0.5) is 11.8 Å². The third-order valence-electron chi connectivity index (χ3n) is 2.74. The minimum absolute atomic E-state index is 0.304. The number of aromatic nitrogens is 2. The lowest BCUT2D eigenvalue weighted by molar-refractivity contribution is 0.830. The Morgan fingerprint density at radius 2 is 1.95 bits per heavy atom. The van der Waals surface area contributed by atoms with Crippen molar-refractivity contribution in [3.63, 3.8) is 0 Å². The number of nitrogen functional groups attached to an aromatic ring is 1. The van der Waals surface area contributed by atoms with Crippen molar-refractivity contribution in [3.05, 3.63) is 33.9 Å². The smallest absolute Gasteiger partial charge is 0.222 e. The highest BCUT2D eigenvalue weighted by Crippen LogP contribution is 2.28. The normalized spacial score (nSPS) is 10.4. The van der Waals surface area contributed by atoms with Crippen LogP contribution in [0.3, 0.4) is 0 Å². The molecule has 5 heteroatoms. The first-order chi connectivity index (χ1) is 9.22. The molecule has 0 aliphatic rings. The summed E-state index contributed by atoms with van der Waals surface area (Å²) in [5.74, 6) is 1.12. The number of halogens is 1. The molecule has 1 heterocycles. The maximum absolute atomic E-state index is 5.80. The summed E-state index contributed by atoms with van der Waals surface area (Å²) in [6.07, 6.45) is 2.26. The van der Waals surface area contributed by atoms with E-state index in [0.29, 0.717) is 5.95 Å². The van der Waals surface area contributed by atoms with Crippen molar-refractivity contribution in [2.75, 3.05) is 17.6 Å². The van der Waals surface area contributed by atoms with Gasteiger partial charge in [0.05, 0.1) is 9.26 Å². The molecule has 0 saturated carbocycles. The summed E-state index contributed by atoms with van der Waals surface area (Å²) in [5, 5.41) is 3.33. The van der Waals surface area contributed by atoms with E-state index in [1.165, 1.54) is 0 Å². The van der Waals surface area contributed by atoms with Gasteiger partial charge in [-0.05, 0) is 29.0 Å². The molecule has 0 unspecified atom stereocenters. The first-order valence-electron chi connectivity index (χ1n) is 6.34. The lowest BCUT2D eigenvalue weighted by atomic mass is 10.1. The second-order valence-electron chi connectivity index (χ2n) is 4.24. The summed E-state index contributed by atoms with van der Waals surface area (Å²) in [7, 11) is 0. The number of nitrogens with two attached hydrogens (primary N) is 1. The molecule has 2 rings (SSSR count). The number of hydrogen-bond donors (Lipinski definition) is 2. The summed E-state index contributed by atoms with van der Waals surface area (Å²) in [5.41, 5.74) is 7.74. The molecular weight excluding hydrogens is 351 g/mol. The van der Waals surface area contributed by atoms with Crippen LogP contribution >= 0.6 is 22.6 Å². The van der Waals surface area contributed by atoms with Crippen LogP contribution in [-0.4, -0.2) is 16.5 Å². The predicted molar refractivity (Wildman–Crippen MR) is 88.0 cm³/mol. The topological polar surface area (TPSA) is 63.8 Å². The molecule has 100 valence electrons. The first-order valence-corrected chi connectivity index (χ1v) is 7.42. The average Bonchev–Trinajstić information content (AvgIpc) is 2.43. The number of benzene rings is 1. The molecule has 0 radical (unpaired) electrons. The van der Waals surface area contributed by atoms with Crippen LogP contribution in [0, 0.1) is 3.57 Å². The van der Waals surface area contributed by atoms with Crippen LogP contribution in [-0.2, 0) is 0 Å². The highest BCUT2D eigenvalue weighted by Gasteiger charge is 2.12. The standard InChI is InChI=1S/C14H17IN4/c1-2-3-9-17-13-11(15)12(18-14(16)19-13)10-7-5-4-6-8-10/h4-8H,2-3,9H2,1H3,(H3,16,17,18,19). The molecule has 0 fully saturated rings. The summed E-state index contributed by atoms with van der Waals surface area (Å²) >= 11 is 2.27. The van der Waals surface area contributed by atoms with Crippen molar-refractivity contribution >= 4 is 34.4 Å². The third-order valence-corrected chi connectivity index (χ3v) is 3.76. The minimum Gasteiger partial charge on any atom is -0.369 e. The van der Waals surface area contributed by atoms with E-state index in [4.69, 9.17) is 5.73 Å². The summed E-state index contributed by atoms with van der Waals surface area (Å²) < 4.78 is 1.01. The Kier molecular flexibility index (Phi) is 4.95. The van der Waals surface area contributed by atoms with Crippen molar-refractivity contribution < 1.29 is 0 Å². The largest absolute Gasteiger partial charge is 0.369 e. The molecule has 0 atom stereocenters. The molecule has 0 aliphatic heterocycles. The fourth-order valence-electron chi connectivity index (χ4n) is 1.75. The monoisotopic (exact) mass is 368 g/mol. The fourth-order valence-corrected chi connectivity index (χ4v) is 2.50. The lowest BCUT2D eigenvalue weighted by Crippen LogP contribution is -2.09. The highest BCUT2D eigenvalue weighted by molar-refractivity contribution is 14.1. The van der Waals surface area contributed by atoms with Gasteiger partial charge < -0.3 is 11.1 Å². The van der Waals surface area contributed by atoms with Gasteiger partial charge in [-0.1, -0.05) is 43.7 Å². The van der Waals surface area contributed by atoms with E-state index in [1.807, 2.05) is 30.3 Å². The van der Waals surface area contributed by atoms with Gasteiger partial charge in [0, 0.05) is 12.1 Å². The SMILES string of the molecule is CCCCNc1nc(N)nc(-c2ccccc2)c1I. The minimum atomic E-state index is 0.304. The van der Waals surface area contributed by atoms with Crippen molar-refractivity contribution in [2.24, 2.45) is 0 Å². The van der Waals surface area contributed by atoms with Crippen molar-refractivity contribution in [3.8, 4) is 11.3 Å². The van der Waals surface area contributed by atoms with Crippen LogP contribution in [0.1, 0.15) is 19.8 Å². The highest BCUT2D eigenvalue weighted by atomic mass is 127. The van der Waals surface area contributed by atoms with Crippen LogP contribution in [0.2, 0.25) is 0 Å². The number of unbranched alkanes of at least 4 members (excludes halogenated alkanes) is 1. The van der Waals surface area contributed by atoms with Gasteiger partial charge in [-0.25, -0.2) is 4.98 Å². The average molecular weight is 368 g/mol. The molecule has 19 heavy (non-hydrogen) atoms. The zero-order valence-corrected chi connectivity index (χ0v) is 13.0. The predicted octanol–water partition coefficient (Wildman–Crippen LogP) is 3.54. The Morgan fingerprint density at radius 1 is 1.21 bits per heavy atom. The first kappa shape index (κ1) is 14.0. The number of rotatable bonds is 5. The molecule has 4 nitrogen and oxygen atoms in total. The Hall–Kier alpha value is -1.37. The van der Waals surface area contributed by atoms with Crippen LogP contribution in [0.5, 0.6) is 0 Å². The van der Waals surface area contributed by atoms with Gasteiger partial charge in [-0.15, -0.1) is 0 Å². The van der Waals surface area contributed by atoms with E-state index in [2.05, 4.69) is 44.8 Å². The lowest BCUT2D eigenvalue weighted by Gasteiger charge is -2.11. The maximum atomic E-state index is 5.80. The third kappa shape index (κ3) is 3.56. The van der Waals surface area contributed by atoms with Gasteiger partial charge in [0.25, 0.3) is 0 Å². The van der Waals surface area contributed by atoms with Crippen molar-refractivity contribution in [1.29, 1.82) is 0 Å². The molecule has 0 bridgehead atoms. The van der Waals surface area contributed by atoms with Crippen molar-refractivity contribution in [1.82, 2.24) is 9.97 Å². The molecule has 0 saturated heterocycles. The maximum Gasteiger partial charge on any atom is 0.222 e. The molecule has 3 N–H and O–H groups in total. The van der Waals surface area contributed by atoms with E-state index < -0.39 is 0 Å². The molecule has 0 aliphatic carbocycles. The number of nitrogens with one attached hydrogen (secondary N) is 1. The van der Waals surface area contributed by atoms with Crippen LogP contribution in [0.15, 0.2) is 30.3 Å². The Labute approximate surface area is 127 Å². The quantitative estimate of drug-likeness (QED) is 0.626. The number of nitrogens with zero attached hydrogens (tertiary/aromatic N) is 2. The van der Waals surface area contributed by atoms with Gasteiger partial charge in [0.2, 0.25) is 5.95 Å². The molecule has 2 aromatic rings. The fraction of sp³-hybridized carbons (Fsp3) is 0.286. The van der Waals surface area contributed by atoms with Gasteiger partial charge >= 0.3 is 0 Å². The van der Waals surface area contributed by atoms with Gasteiger partial charge in [-0.2, -0.15) is 4.98 Å². The zero-order valence-electron chi connectivity index (χ0n) is 10.9. The summed E-state index contributed by atoms with van der Waals surface area (Å²) in [6.45, 7) is 3.06. The van der Waals surface area contributed by atoms with Gasteiger partial charge in [0.1, 0.15) is 5.82 Å². The number of anilines is 2. The molecule has 0 amide bonds. The molecule has 1 aromatic carbocycles. The Balaban J connectivity index is 2.34. The zero-order chi connectivity index (χ0) is 13.7. The molecular formula is C14H17IN4. The molecule has 1 aromatic heterocycles. The van der Waals surface area contributed by atoms with Gasteiger partial charge in [-0.3, -0.25) is 0 Å². The van der Waals surface area contributed by atoms with E-state index >= 15 is 0 Å². The van der Waals surface area contributed by atoms with E-state index in [1.54, 1.807) is 0 Å². The van der Waals surface area contributed by atoms with Crippen molar-refractivity contribution in [2.45, 2.75) is 19.8 Å². The van der Waals surface area contributed by atoms with E-state index in [9.17, 15) is 0 Å². The van der Waals surface area contributed by atoms with E-state index in [-0.39, 0.29) is 0 Å². The van der Waals surface area contributed by atoms with E-state index in [0.717, 1.165) is 40.0 Å². The number of hydrogen-bond acceptors (Lipinski definition) is 4. The van der Waals surface area contributed by atoms with Crippen LogP contribution < -0.4 is 11.1 Å². The summed E-state index contributed by atoms with van der Waals surface area (Å²) in [4.78, 5) is 8.63. The van der Waals surface area contributed by atoms with Gasteiger partial charge in [0.15, 0.2) is 0 Å². The second kappa shape index (κ2) is 6.70. The summed E-state index contributed by atoms with van der Waals surface area (Å²) in [6, 6.07) is 10.0. The van der Waals surface area contributed by atoms with Crippen LogP contribution in [0.25, 0.3) is 11.3 Å². The molecule has 0 spiro atoms. The Morgan fingerprint density at radius 3 is 2.63 bits per heavy atom.